The lowest BCUT2D eigenvalue weighted by atomic mass is 10.5. The maximum atomic E-state index is 11.3. The molecule has 6 heteroatoms. The zero-order chi connectivity index (χ0) is 10.5. The van der Waals surface area contributed by atoms with E-state index < -0.39 is 0 Å². The second-order valence-electron chi connectivity index (χ2n) is 3.67. The van der Waals surface area contributed by atoms with Crippen molar-refractivity contribution in [1.29, 1.82) is 0 Å². The van der Waals surface area contributed by atoms with E-state index in [-0.39, 0.29) is 5.91 Å². The quantitative estimate of drug-likeness (QED) is 0.640. The third-order valence-electron chi connectivity index (χ3n) is 2.26. The van der Waals surface area contributed by atoms with Crippen molar-refractivity contribution in [3.63, 3.8) is 0 Å². The van der Waals surface area contributed by atoms with Crippen LogP contribution in [0.3, 0.4) is 0 Å². The Balaban J connectivity index is 1.54. The van der Waals surface area contributed by atoms with Gasteiger partial charge in [0.05, 0.1) is 19.3 Å². The van der Waals surface area contributed by atoms with Gasteiger partial charge in [0.1, 0.15) is 0 Å². The average molecular weight is 209 g/mol. The molecule has 6 nitrogen and oxygen atoms in total. The van der Waals surface area contributed by atoms with Gasteiger partial charge >= 0.3 is 0 Å². The summed E-state index contributed by atoms with van der Waals surface area (Å²) in [6.45, 7) is 1.67. The molecule has 1 amide bonds. The predicted octanol–water partition coefficient (Wildman–Crippen LogP) is -0.854. The minimum absolute atomic E-state index is 0.0435. The van der Waals surface area contributed by atoms with Crippen molar-refractivity contribution in [1.82, 2.24) is 25.6 Å². The van der Waals surface area contributed by atoms with Crippen molar-refractivity contribution in [2.75, 3.05) is 13.1 Å². The van der Waals surface area contributed by atoms with Crippen LogP contribution in [-0.2, 0) is 11.3 Å². The Hall–Kier alpha value is -1.43. The molecule has 1 aromatic heterocycles. The fourth-order valence-corrected chi connectivity index (χ4v) is 1.25. The lowest BCUT2D eigenvalue weighted by molar-refractivity contribution is -0.120. The average Bonchev–Trinajstić information content (AvgIpc) is 2.92. The van der Waals surface area contributed by atoms with Crippen LogP contribution in [0.25, 0.3) is 0 Å². The summed E-state index contributed by atoms with van der Waals surface area (Å²) in [5, 5.41) is 13.4. The topological polar surface area (TPSA) is 71.8 Å². The highest BCUT2D eigenvalue weighted by atomic mass is 16.1. The van der Waals surface area contributed by atoms with Crippen molar-refractivity contribution in [3.8, 4) is 0 Å². The van der Waals surface area contributed by atoms with Crippen molar-refractivity contribution in [2.24, 2.45) is 0 Å². The summed E-state index contributed by atoms with van der Waals surface area (Å²) in [5.41, 5.74) is 0. The molecule has 1 aliphatic carbocycles. The molecule has 0 atom stereocenters. The summed E-state index contributed by atoms with van der Waals surface area (Å²) in [7, 11) is 0. The van der Waals surface area contributed by atoms with Gasteiger partial charge in [-0.25, -0.2) is 0 Å². The molecule has 2 rings (SSSR count). The lowest BCUT2D eigenvalue weighted by Crippen LogP contribution is -2.36. The summed E-state index contributed by atoms with van der Waals surface area (Å²) in [4.78, 5) is 11.3. The molecule has 1 aromatic rings. The first-order valence-corrected chi connectivity index (χ1v) is 5.19. The molecule has 0 unspecified atom stereocenters. The molecule has 15 heavy (non-hydrogen) atoms. The molecular weight excluding hydrogens is 194 g/mol. The van der Waals surface area contributed by atoms with Crippen molar-refractivity contribution < 1.29 is 4.79 Å². The molecule has 0 aromatic carbocycles. The molecule has 0 saturated heterocycles. The van der Waals surface area contributed by atoms with E-state index in [0.717, 1.165) is 0 Å². The second-order valence-corrected chi connectivity index (χ2v) is 3.67. The molecule has 0 radical (unpaired) electrons. The smallest absolute Gasteiger partial charge is 0.234 e. The molecule has 0 aliphatic heterocycles. The molecule has 82 valence electrons. The fourth-order valence-electron chi connectivity index (χ4n) is 1.25. The molecule has 0 spiro atoms. The Kier molecular flexibility index (Phi) is 3.29. The van der Waals surface area contributed by atoms with Gasteiger partial charge < -0.3 is 10.6 Å². The third-order valence-corrected chi connectivity index (χ3v) is 2.26. The monoisotopic (exact) mass is 209 g/mol. The number of hydrogen-bond donors (Lipinski definition) is 2. The van der Waals surface area contributed by atoms with E-state index in [0.29, 0.717) is 25.7 Å². The van der Waals surface area contributed by atoms with E-state index in [1.54, 1.807) is 17.1 Å². The maximum absolute atomic E-state index is 11.3. The van der Waals surface area contributed by atoms with Gasteiger partial charge in [-0.15, -0.1) is 5.10 Å². The van der Waals surface area contributed by atoms with E-state index >= 15 is 0 Å². The largest absolute Gasteiger partial charge is 0.353 e. The normalized spacial score (nSPS) is 15.2. The number of nitrogens with zero attached hydrogens (tertiary/aromatic N) is 3. The molecule has 2 N–H and O–H groups in total. The van der Waals surface area contributed by atoms with Crippen LogP contribution in [-0.4, -0.2) is 40.0 Å². The van der Waals surface area contributed by atoms with E-state index in [4.69, 9.17) is 0 Å². The predicted molar refractivity (Wildman–Crippen MR) is 54.1 cm³/mol. The molecule has 1 saturated carbocycles. The van der Waals surface area contributed by atoms with Gasteiger partial charge in [0.15, 0.2) is 0 Å². The van der Waals surface area contributed by atoms with E-state index in [9.17, 15) is 4.79 Å². The number of nitrogens with one attached hydrogen (secondary N) is 2. The van der Waals surface area contributed by atoms with E-state index in [2.05, 4.69) is 20.9 Å². The minimum atomic E-state index is 0.0435. The molecule has 1 aliphatic rings. The molecule has 1 fully saturated rings. The Labute approximate surface area is 88.0 Å². The third kappa shape index (κ3) is 3.67. The summed E-state index contributed by atoms with van der Waals surface area (Å²) < 4.78 is 1.69. The number of hydrogen-bond acceptors (Lipinski definition) is 4. The number of carbonyl (C=O) groups excluding carboxylic acids is 1. The zero-order valence-corrected chi connectivity index (χ0v) is 8.52. The SMILES string of the molecule is O=C(CNC1CC1)NCCn1ccnn1. The Morgan fingerprint density at radius 1 is 1.53 bits per heavy atom. The Morgan fingerprint density at radius 3 is 3.07 bits per heavy atom. The van der Waals surface area contributed by atoms with Gasteiger partial charge in [0, 0.05) is 18.8 Å². The van der Waals surface area contributed by atoms with Crippen LogP contribution < -0.4 is 10.6 Å². The first kappa shape index (κ1) is 10.1. The van der Waals surface area contributed by atoms with Gasteiger partial charge in [-0.3, -0.25) is 9.48 Å². The van der Waals surface area contributed by atoms with Gasteiger partial charge in [-0.1, -0.05) is 5.21 Å². The van der Waals surface area contributed by atoms with Crippen molar-refractivity contribution >= 4 is 5.91 Å². The molecule has 1 heterocycles. The number of amides is 1. The highest BCUT2D eigenvalue weighted by Gasteiger charge is 2.20. The summed E-state index contributed by atoms with van der Waals surface area (Å²) in [6.07, 6.45) is 5.80. The minimum Gasteiger partial charge on any atom is -0.353 e. The first-order valence-electron chi connectivity index (χ1n) is 5.19. The van der Waals surface area contributed by atoms with Crippen LogP contribution in [0.15, 0.2) is 12.4 Å². The molecule has 0 bridgehead atoms. The van der Waals surface area contributed by atoms with Gasteiger partial charge in [-0.2, -0.15) is 0 Å². The van der Waals surface area contributed by atoms with Gasteiger partial charge in [-0.05, 0) is 12.8 Å². The van der Waals surface area contributed by atoms with Crippen molar-refractivity contribution in [3.05, 3.63) is 12.4 Å². The summed E-state index contributed by atoms with van der Waals surface area (Å²) in [5.74, 6) is 0.0435. The standard InChI is InChI=1S/C9H15N5O/c15-9(7-11-8-1-2-8)10-3-5-14-6-4-12-13-14/h4,6,8,11H,1-3,5,7H2,(H,10,15). The number of rotatable bonds is 6. The zero-order valence-electron chi connectivity index (χ0n) is 8.52. The van der Waals surface area contributed by atoms with E-state index in [1.807, 2.05) is 0 Å². The lowest BCUT2D eigenvalue weighted by Gasteiger charge is -2.05. The Morgan fingerprint density at radius 2 is 2.40 bits per heavy atom. The van der Waals surface area contributed by atoms with Crippen LogP contribution in [0.2, 0.25) is 0 Å². The first-order chi connectivity index (χ1) is 7.34. The Bertz CT molecular complexity index is 306. The van der Waals surface area contributed by atoms with Crippen molar-refractivity contribution in [2.45, 2.75) is 25.4 Å². The maximum Gasteiger partial charge on any atom is 0.234 e. The summed E-state index contributed by atoms with van der Waals surface area (Å²) >= 11 is 0. The molecular formula is C9H15N5O. The summed E-state index contributed by atoms with van der Waals surface area (Å²) in [6, 6.07) is 0.575. The van der Waals surface area contributed by atoms with Crippen LogP contribution in [0, 0.1) is 0 Å². The highest BCUT2D eigenvalue weighted by molar-refractivity contribution is 5.77. The van der Waals surface area contributed by atoms with Crippen LogP contribution in [0.5, 0.6) is 0 Å². The van der Waals surface area contributed by atoms with E-state index in [1.165, 1.54) is 12.8 Å². The van der Waals surface area contributed by atoms with Crippen LogP contribution in [0.1, 0.15) is 12.8 Å². The van der Waals surface area contributed by atoms with Crippen LogP contribution in [0.4, 0.5) is 0 Å². The number of aromatic nitrogens is 3. The number of carbonyl (C=O) groups is 1. The van der Waals surface area contributed by atoms with Crippen LogP contribution >= 0.6 is 0 Å². The van der Waals surface area contributed by atoms with Gasteiger partial charge in [0.2, 0.25) is 5.91 Å². The fraction of sp³-hybridized carbons (Fsp3) is 0.667. The second kappa shape index (κ2) is 4.88. The van der Waals surface area contributed by atoms with Gasteiger partial charge in [0.25, 0.3) is 0 Å². The highest BCUT2D eigenvalue weighted by Crippen LogP contribution is 2.17.